The Balaban J connectivity index is 2.01. The molecule has 1 aliphatic carbocycles. The fourth-order valence-corrected chi connectivity index (χ4v) is 5.74. The van der Waals surface area contributed by atoms with Crippen LogP contribution < -0.4 is 4.90 Å². The lowest BCUT2D eigenvalue weighted by atomic mass is 9.74. The summed E-state index contributed by atoms with van der Waals surface area (Å²) in [6.07, 6.45) is -0.364. The number of nitrogens with zero attached hydrogens (tertiary/aromatic N) is 1. The van der Waals surface area contributed by atoms with E-state index in [1.807, 2.05) is 53.4 Å². The predicted molar refractivity (Wildman–Crippen MR) is 129 cm³/mol. The highest BCUT2D eigenvalue weighted by Gasteiger charge is 2.66. The van der Waals surface area contributed by atoms with E-state index >= 15 is 0 Å². The van der Waals surface area contributed by atoms with E-state index in [-0.39, 0.29) is 16.9 Å². The minimum atomic E-state index is -0.820. The number of allylic oxidation sites excluding steroid dienone is 1. The van der Waals surface area contributed by atoms with Crippen molar-refractivity contribution < 1.29 is 9.53 Å². The zero-order valence-corrected chi connectivity index (χ0v) is 19.3. The number of anilines is 1. The van der Waals surface area contributed by atoms with Gasteiger partial charge in [-0.05, 0) is 33.6 Å². The smallest absolute Gasteiger partial charge is 0.415 e. The third-order valence-electron chi connectivity index (χ3n) is 7.85. The molecule has 3 aromatic carbocycles. The summed E-state index contributed by atoms with van der Waals surface area (Å²) in [5.74, 6) is 0. The Hall–Kier alpha value is -3.33. The van der Waals surface area contributed by atoms with Crippen LogP contribution in [0.5, 0.6) is 0 Å². The Bertz CT molecular complexity index is 1170. The molecule has 0 radical (unpaired) electrons. The molecule has 0 N–H and O–H groups in total. The first kappa shape index (κ1) is 20.6. The molecule has 3 nitrogen and oxygen atoms in total. The fraction of sp³-hybridized carbons (Fsp3) is 0.276. The summed E-state index contributed by atoms with van der Waals surface area (Å²) >= 11 is 0. The van der Waals surface area contributed by atoms with Crippen LogP contribution in [-0.2, 0) is 10.3 Å². The zero-order chi connectivity index (χ0) is 22.7. The highest BCUT2D eigenvalue weighted by Crippen LogP contribution is 2.74. The van der Waals surface area contributed by atoms with Gasteiger partial charge in [-0.2, -0.15) is 0 Å². The molecular formula is C29H29NO2. The van der Waals surface area contributed by atoms with Crippen LogP contribution in [0.1, 0.15) is 44.4 Å². The second-order valence-corrected chi connectivity index (χ2v) is 9.77. The lowest BCUT2D eigenvalue weighted by Crippen LogP contribution is -2.48. The summed E-state index contributed by atoms with van der Waals surface area (Å²) in [7, 11) is 1.46. The third-order valence-corrected chi connectivity index (χ3v) is 7.85. The second-order valence-electron chi connectivity index (χ2n) is 9.77. The van der Waals surface area contributed by atoms with Gasteiger partial charge >= 0.3 is 6.09 Å². The number of rotatable bonds is 2. The molecule has 0 unspecified atom stereocenters. The summed E-state index contributed by atoms with van der Waals surface area (Å²) in [5.41, 5.74) is 5.87. The maximum atomic E-state index is 13.5. The molecule has 0 aromatic heterocycles. The van der Waals surface area contributed by atoms with Crippen LogP contribution in [0, 0.1) is 10.8 Å². The maximum Gasteiger partial charge on any atom is 0.415 e. The van der Waals surface area contributed by atoms with Crippen molar-refractivity contribution in [3.8, 4) is 0 Å². The third kappa shape index (κ3) is 2.45. The zero-order valence-electron chi connectivity index (χ0n) is 19.3. The number of para-hydroxylation sites is 1. The molecule has 2 aliphatic rings. The molecule has 1 heterocycles. The van der Waals surface area contributed by atoms with Gasteiger partial charge in [0.2, 0.25) is 0 Å². The van der Waals surface area contributed by atoms with Crippen molar-refractivity contribution in [1.29, 1.82) is 0 Å². The highest BCUT2D eigenvalue weighted by atomic mass is 16.5. The molecule has 0 atom stereocenters. The standard InChI is InChI=1S/C29H29NO2/c1-27(2)25(28(27,3)4)24-22-18-12-13-19-23(22)30(26(31)32-5)29(24,20-14-8-6-9-15-20)21-16-10-7-11-17-21/h6-19H,1-5H3. The van der Waals surface area contributed by atoms with Crippen molar-refractivity contribution in [2.24, 2.45) is 10.8 Å². The Morgan fingerprint density at radius 2 is 1.19 bits per heavy atom. The minimum absolute atomic E-state index is 0.0103. The van der Waals surface area contributed by atoms with E-state index in [2.05, 4.69) is 64.1 Å². The summed E-state index contributed by atoms with van der Waals surface area (Å²) < 4.78 is 5.41. The van der Waals surface area contributed by atoms with Gasteiger partial charge in [0.1, 0.15) is 5.54 Å². The molecule has 162 valence electrons. The molecule has 0 spiro atoms. The second kappa shape index (κ2) is 6.83. The summed E-state index contributed by atoms with van der Waals surface area (Å²) in [6, 6.07) is 28.9. The predicted octanol–water partition coefficient (Wildman–Crippen LogP) is 7.04. The Labute approximate surface area is 190 Å². The molecule has 3 heteroatoms. The van der Waals surface area contributed by atoms with Crippen molar-refractivity contribution in [3.05, 3.63) is 107 Å². The number of amides is 1. The van der Waals surface area contributed by atoms with E-state index in [4.69, 9.17) is 4.74 Å². The molecule has 0 bridgehead atoms. The van der Waals surface area contributed by atoms with E-state index in [0.717, 1.165) is 22.4 Å². The first-order chi connectivity index (χ1) is 15.3. The normalized spacial score (nSPS) is 19.5. The van der Waals surface area contributed by atoms with E-state index in [0.29, 0.717) is 0 Å². The Morgan fingerprint density at radius 1 is 0.719 bits per heavy atom. The number of methoxy groups -OCH3 is 1. The van der Waals surface area contributed by atoms with Gasteiger partial charge in [-0.3, -0.25) is 4.90 Å². The quantitative estimate of drug-likeness (QED) is 0.442. The topological polar surface area (TPSA) is 29.5 Å². The van der Waals surface area contributed by atoms with E-state index in [1.54, 1.807) is 0 Å². The average Bonchev–Trinajstić information content (AvgIpc) is 3.07. The van der Waals surface area contributed by atoms with Crippen molar-refractivity contribution in [1.82, 2.24) is 0 Å². The van der Waals surface area contributed by atoms with Crippen molar-refractivity contribution >= 4 is 17.4 Å². The van der Waals surface area contributed by atoms with E-state index < -0.39 is 5.54 Å². The minimum Gasteiger partial charge on any atom is -0.452 e. The molecule has 32 heavy (non-hydrogen) atoms. The Morgan fingerprint density at radius 3 is 1.66 bits per heavy atom. The van der Waals surface area contributed by atoms with Gasteiger partial charge in [-0.25, -0.2) is 4.79 Å². The van der Waals surface area contributed by atoms with Crippen LogP contribution >= 0.6 is 0 Å². The molecular weight excluding hydrogens is 394 g/mol. The van der Waals surface area contributed by atoms with Gasteiger partial charge in [0, 0.05) is 5.56 Å². The van der Waals surface area contributed by atoms with Crippen LogP contribution in [0.2, 0.25) is 0 Å². The van der Waals surface area contributed by atoms with E-state index in [9.17, 15) is 4.79 Å². The Kier molecular flexibility index (Phi) is 4.39. The van der Waals surface area contributed by atoms with Crippen molar-refractivity contribution in [3.63, 3.8) is 0 Å². The molecule has 1 amide bonds. The molecule has 1 aliphatic heterocycles. The summed E-state index contributed by atoms with van der Waals surface area (Å²) in [6.45, 7) is 9.22. The number of hydrogen-bond acceptors (Lipinski definition) is 2. The van der Waals surface area contributed by atoms with Crippen LogP contribution in [0.15, 0.2) is 90.5 Å². The largest absolute Gasteiger partial charge is 0.452 e. The van der Waals surface area contributed by atoms with Crippen molar-refractivity contribution in [2.75, 3.05) is 12.0 Å². The van der Waals surface area contributed by atoms with Crippen LogP contribution in [0.4, 0.5) is 10.5 Å². The lowest BCUT2D eigenvalue weighted by molar-refractivity contribution is 0.175. The number of carbonyl (C=O) groups is 1. The SMILES string of the molecule is COC(=O)N1c2ccccc2C(=C2C(C)(C)C2(C)C)C1(c1ccccc1)c1ccccc1. The summed E-state index contributed by atoms with van der Waals surface area (Å²) in [4.78, 5) is 15.4. The van der Waals surface area contributed by atoms with Gasteiger partial charge in [-0.15, -0.1) is 0 Å². The molecule has 0 saturated heterocycles. The van der Waals surface area contributed by atoms with Gasteiger partial charge in [0.05, 0.1) is 12.8 Å². The van der Waals surface area contributed by atoms with Crippen LogP contribution in [-0.4, -0.2) is 13.2 Å². The highest BCUT2D eigenvalue weighted by molar-refractivity contribution is 6.08. The molecule has 1 fully saturated rings. The van der Waals surface area contributed by atoms with Gasteiger partial charge < -0.3 is 4.74 Å². The first-order valence-electron chi connectivity index (χ1n) is 11.1. The number of ether oxygens (including phenoxy) is 1. The van der Waals surface area contributed by atoms with Gasteiger partial charge in [-0.1, -0.05) is 112 Å². The van der Waals surface area contributed by atoms with Crippen LogP contribution in [0.25, 0.3) is 5.57 Å². The molecule has 5 rings (SSSR count). The monoisotopic (exact) mass is 423 g/mol. The first-order valence-corrected chi connectivity index (χ1v) is 11.1. The van der Waals surface area contributed by atoms with Gasteiger partial charge in [0.25, 0.3) is 0 Å². The van der Waals surface area contributed by atoms with Gasteiger partial charge in [0.15, 0.2) is 0 Å². The average molecular weight is 424 g/mol. The fourth-order valence-electron chi connectivity index (χ4n) is 5.74. The summed E-state index contributed by atoms with van der Waals surface area (Å²) in [5, 5.41) is 0. The number of benzene rings is 3. The number of hydrogen-bond donors (Lipinski definition) is 0. The maximum absolute atomic E-state index is 13.5. The lowest BCUT2D eigenvalue weighted by Gasteiger charge is -2.40. The number of carbonyl (C=O) groups excluding carboxylic acids is 1. The molecule has 1 saturated carbocycles. The molecule has 3 aromatic rings. The number of fused-ring (bicyclic) bond motifs is 1. The van der Waals surface area contributed by atoms with E-state index in [1.165, 1.54) is 18.3 Å². The van der Waals surface area contributed by atoms with Crippen molar-refractivity contribution in [2.45, 2.75) is 33.2 Å². The van der Waals surface area contributed by atoms with Crippen LogP contribution in [0.3, 0.4) is 0 Å².